The molecule has 0 saturated heterocycles. The van der Waals surface area contributed by atoms with E-state index >= 15 is 0 Å². The summed E-state index contributed by atoms with van der Waals surface area (Å²) in [5.41, 5.74) is -0.405. The van der Waals surface area contributed by atoms with E-state index in [4.69, 9.17) is 0 Å². The molecule has 0 radical (unpaired) electrons. The van der Waals surface area contributed by atoms with Gasteiger partial charge in [-0.25, -0.2) is 0 Å². The fraction of sp³-hybridized carbons (Fsp3) is 1.00. The van der Waals surface area contributed by atoms with Gasteiger partial charge in [-0.05, 0) is 31.6 Å². The molecule has 1 saturated carbocycles. The van der Waals surface area contributed by atoms with E-state index in [2.05, 4.69) is 13.8 Å². The van der Waals surface area contributed by atoms with Crippen LogP contribution in [0.4, 0.5) is 0 Å². The first kappa shape index (κ1) is 8.06. The third-order valence-electron chi connectivity index (χ3n) is 3.27. The minimum Gasteiger partial charge on any atom is -0.390 e. The predicted octanol–water partition coefficient (Wildman–Crippen LogP) is 2.19. The highest BCUT2D eigenvalue weighted by Gasteiger charge is 2.36. The normalized spacial score (nSPS) is 49.2. The molecule has 0 aliphatic heterocycles. The molecular weight excluding hydrogens is 124 g/mol. The van der Waals surface area contributed by atoms with Gasteiger partial charge in [-0.3, -0.25) is 0 Å². The van der Waals surface area contributed by atoms with E-state index in [-0.39, 0.29) is 0 Å². The van der Waals surface area contributed by atoms with Gasteiger partial charge < -0.3 is 5.11 Å². The first-order valence-electron chi connectivity index (χ1n) is 4.27. The highest BCUT2D eigenvalue weighted by atomic mass is 16.3. The molecule has 0 bridgehead atoms. The van der Waals surface area contributed by atoms with Gasteiger partial charge >= 0.3 is 0 Å². The topological polar surface area (TPSA) is 20.2 Å². The molecule has 60 valence electrons. The Balaban J connectivity index is 2.63. The lowest BCUT2D eigenvalue weighted by molar-refractivity contribution is -0.0662. The Hall–Kier alpha value is -0.0400. The van der Waals surface area contributed by atoms with Gasteiger partial charge in [-0.2, -0.15) is 0 Å². The summed E-state index contributed by atoms with van der Waals surface area (Å²) in [6.45, 7) is 6.27. The monoisotopic (exact) mass is 142 g/mol. The first-order valence-corrected chi connectivity index (χ1v) is 4.27. The maximum Gasteiger partial charge on any atom is 0.0670 e. The zero-order valence-electron chi connectivity index (χ0n) is 7.22. The molecule has 1 nitrogen and oxygen atoms in total. The summed E-state index contributed by atoms with van der Waals surface area (Å²) in [6, 6.07) is 0. The van der Waals surface area contributed by atoms with Crippen LogP contribution in [0, 0.1) is 11.8 Å². The van der Waals surface area contributed by atoms with E-state index in [1.54, 1.807) is 0 Å². The molecule has 0 aromatic carbocycles. The molecule has 3 atom stereocenters. The molecule has 1 fully saturated rings. The van der Waals surface area contributed by atoms with E-state index in [1.165, 1.54) is 19.3 Å². The van der Waals surface area contributed by atoms with Crippen molar-refractivity contribution < 1.29 is 5.11 Å². The summed E-state index contributed by atoms with van der Waals surface area (Å²) < 4.78 is 0. The Kier molecular flexibility index (Phi) is 2.04. The molecule has 0 aromatic rings. The number of rotatable bonds is 0. The summed E-state index contributed by atoms with van der Waals surface area (Å²) in [5, 5.41) is 9.91. The van der Waals surface area contributed by atoms with Crippen LogP contribution >= 0.6 is 0 Å². The highest BCUT2D eigenvalue weighted by molar-refractivity contribution is 4.88. The lowest BCUT2D eigenvalue weighted by Gasteiger charge is -2.40. The van der Waals surface area contributed by atoms with Crippen molar-refractivity contribution >= 4 is 0 Å². The van der Waals surface area contributed by atoms with Crippen LogP contribution in [0.25, 0.3) is 0 Å². The van der Waals surface area contributed by atoms with Gasteiger partial charge in [0.25, 0.3) is 0 Å². The van der Waals surface area contributed by atoms with Gasteiger partial charge in [-0.15, -0.1) is 0 Å². The molecule has 1 aliphatic carbocycles. The molecule has 1 rings (SSSR count). The SMILES string of the molecule is CC1CCC[C@@H](C)C1(C)O. The van der Waals surface area contributed by atoms with Crippen LogP contribution in [-0.4, -0.2) is 10.7 Å². The van der Waals surface area contributed by atoms with E-state index in [9.17, 15) is 5.11 Å². The minimum atomic E-state index is -0.405. The fourth-order valence-corrected chi connectivity index (χ4v) is 1.80. The number of hydrogen-bond donors (Lipinski definition) is 1. The lowest BCUT2D eigenvalue weighted by Crippen LogP contribution is -2.42. The van der Waals surface area contributed by atoms with Crippen LogP contribution in [0.15, 0.2) is 0 Å². The second kappa shape index (κ2) is 2.54. The average molecular weight is 142 g/mol. The van der Waals surface area contributed by atoms with Crippen molar-refractivity contribution in [2.24, 2.45) is 11.8 Å². The highest BCUT2D eigenvalue weighted by Crippen LogP contribution is 2.37. The molecule has 0 spiro atoms. The Morgan fingerprint density at radius 1 is 1.20 bits per heavy atom. The quantitative estimate of drug-likeness (QED) is 0.549. The van der Waals surface area contributed by atoms with Gasteiger partial charge in [0, 0.05) is 0 Å². The van der Waals surface area contributed by atoms with Crippen molar-refractivity contribution in [3.63, 3.8) is 0 Å². The molecule has 1 heteroatoms. The zero-order valence-corrected chi connectivity index (χ0v) is 7.22. The standard InChI is InChI=1S/C9H18O/c1-7-5-4-6-8(2)9(7,3)10/h7-8,10H,4-6H2,1-3H3/t7-,8?,9?/m1/s1. The van der Waals surface area contributed by atoms with Crippen LogP contribution in [0.5, 0.6) is 0 Å². The Morgan fingerprint density at radius 2 is 1.60 bits per heavy atom. The van der Waals surface area contributed by atoms with Crippen LogP contribution in [-0.2, 0) is 0 Å². The van der Waals surface area contributed by atoms with Gasteiger partial charge in [-0.1, -0.05) is 20.3 Å². The third-order valence-corrected chi connectivity index (χ3v) is 3.27. The molecule has 2 unspecified atom stereocenters. The van der Waals surface area contributed by atoms with Crippen molar-refractivity contribution in [3.8, 4) is 0 Å². The molecule has 0 aromatic heterocycles. The summed E-state index contributed by atoms with van der Waals surface area (Å²) in [7, 11) is 0. The summed E-state index contributed by atoms with van der Waals surface area (Å²) >= 11 is 0. The second-order valence-corrected chi connectivity index (χ2v) is 3.96. The largest absolute Gasteiger partial charge is 0.390 e. The zero-order chi connectivity index (χ0) is 7.78. The van der Waals surface area contributed by atoms with Crippen LogP contribution in [0.1, 0.15) is 40.0 Å². The summed E-state index contributed by atoms with van der Waals surface area (Å²) in [6.07, 6.45) is 3.67. The molecule has 10 heavy (non-hydrogen) atoms. The van der Waals surface area contributed by atoms with Crippen molar-refractivity contribution in [2.45, 2.75) is 45.6 Å². The number of aliphatic hydroxyl groups is 1. The maximum absolute atomic E-state index is 9.91. The van der Waals surface area contributed by atoms with Crippen molar-refractivity contribution in [3.05, 3.63) is 0 Å². The number of hydrogen-bond acceptors (Lipinski definition) is 1. The minimum absolute atomic E-state index is 0.405. The maximum atomic E-state index is 9.91. The van der Waals surface area contributed by atoms with Gasteiger partial charge in [0.1, 0.15) is 0 Å². The van der Waals surface area contributed by atoms with Crippen LogP contribution in [0.3, 0.4) is 0 Å². The van der Waals surface area contributed by atoms with Crippen LogP contribution < -0.4 is 0 Å². The van der Waals surface area contributed by atoms with Crippen molar-refractivity contribution in [1.29, 1.82) is 0 Å². The van der Waals surface area contributed by atoms with Crippen molar-refractivity contribution in [1.82, 2.24) is 0 Å². The van der Waals surface area contributed by atoms with E-state index < -0.39 is 5.60 Å². The fourth-order valence-electron chi connectivity index (χ4n) is 1.80. The van der Waals surface area contributed by atoms with Gasteiger partial charge in [0.05, 0.1) is 5.60 Å². The van der Waals surface area contributed by atoms with Gasteiger partial charge in [0.15, 0.2) is 0 Å². The smallest absolute Gasteiger partial charge is 0.0670 e. The second-order valence-electron chi connectivity index (χ2n) is 3.96. The van der Waals surface area contributed by atoms with Gasteiger partial charge in [0.2, 0.25) is 0 Å². The van der Waals surface area contributed by atoms with Crippen LogP contribution in [0.2, 0.25) is 0 Å². The Morgan fingerprint density at radius 3 is 1.90 bits per heavy atom. The Labute approximate surface area is 63.4 Å². The molecular formula is C9H18O. The lowest BCUT2D eigenvalue weighted by atomic mass is 9.71. The summed E-state index contributed by atoms with van der Waals surface area (Å²) in [4.78, 5) is 0. The van der Waals surface area contributed by atoms with E-state index in [0.29, 0.717) is 11.8 Å². The average Bonchev–Trinajstić information content (AvgIpc) is 1.84. The first-order chi connectivity index (χ1) is 4.55. The predicted molar refractivity (Wildman–Crippen MR) is 42.8 cm³/mol. The summed E-state index contributed by atoms with van der Waals surface area (Å²) in [5.74, 6) is 0.965. The molecule has 0 amide bonds. The van der Waals surface area contributed by atoms with E-state index in [0.717, 1.165) is 0 Å². The van der Waals surface area contributed by atoms with Crippen molar-refractivity contribution in [2.75, 3.05) is 0 Å². The molecule has 0 heterocycles. The Bertz CT molecular complexity index is 106. The molecule has 1 aliphatic rings. The van der Waals surface area contributed by atoms with E-state index in [1.807, 2.05) is 6.92 Å². The molecule has 1 N–H and O–H groups in total. The third kappa shape index (κ3) is 1.20.